The predicted molar refractivity (Wildman–Crippen MR) is 94.5 cm³/mol. The monoisotopic (exact) mass is 359 g/mol. The van der Waals surface area contributed by atoms with Crippen molar-refractivity contribution in [1.82, 2.24) is 19.5 Å². The fourth-order valence-corrected chi connectivity index (χ4v) is 2.86. The first-order valence-corrected chi connectivity index (χ1v) is 7.25. The summed E-state index contributed by atoms with van der Waals surface area (Å²) >= 11 is 0. The molecule has 8 heteroatoms. The summed E-state index contributed by atoms with van der Waals surface area (Å²) in [5.74, 6) is 0.825. The average Bonchev–Trinajstić information content (AvgIpc) is 2.82. The summed E-state index contributed by atoms with van der Waals surface area (Å²) in [6, 6.07) is 3.78. The van der Waals surface area contributed by atoms with E-state index >= 15 is 0 Å². The Morgan fingerprint density at radius 3 is 2.65 bits per heavy atom. The summed E-state index contributed by atoms with van der Waals surface area (Å²) in [6.45, 7) is 7.50. The molecule has 3 rings (SSSR count). The molecule has 0 bridgehead atoms. The molecule has 0 radical (unpaired) electrons. The number of piperidine rings is 1. The zero-order chi connectivity index (χ0) is 15.2. The summed E-state index contributed by atoms with van der Waals surface area (Å²) in [6.07, 6.45) is 2.65. The third-order valence-electron chi connectivity index (χ3n) is 4.42. The van der Waals surface area contributed by atoms with Crippen molar-refractivity contribution in [3.63, 3.8) is 0 Å². The van der Waals surface area contributed by atoms with Gasteiger partial charge in [-0.25, -0.2) is 0 Å². The molecule has 0 saturated carbocycles. The zero-order valence-corrected chi connectivity index (χ0v) is 15.2. The van der Waals surface area contributed by atoms with Gasteiger partial charge in [-0.1, -0.05) is 13.8 Å². The van der Waals surface area contributed by atoms with Gasteiger partial charge in [0.1, 0.15) is 5.82 Å². The Labute approximate surface area is 148 Å². The molecular weight excluding hydrogens is 337 g/mol. The van der Waals surface area contributed by atoms with Gasteiger partial charge in [-0.15, -0.1) is 35.0 Å². The van der Waals surface area contributed by atoms with Crippen LogP contribution in [-0.2, 0) is 0 Å². The average molecular weight is 360 g/mol. The smallest absolute Gasteiger partial charge is 0.255 e. The van der Waals surface area contributed by atoms with Gasteiger partial charge < -0.3 is 10.6 Å². The summed E-state index contributed by atoms with van der Waals surface area (Å²) in [5, 5.41) is 8.05. The molecule has 1 amide bonds. The maximum atomic E-state index is 12.7. The van der Waals surface area contributed by atoms with Crippen LogP contribution in [-0.4, -0.2) is 44.5 Å². The Morgan fingerprint density at radius 1 is 1.30 bits per heavy atom. The highest BCUT2D eigenvalue weighted by Crippen LogP contribution is 2.28. The van der Waals surface area contributed by atoms with E-state index in [1.807, 2.05) is 34.6 Å². The Bertz CT molecular complexity index is 700. The van der Waals surface area contributed by atoms with Crippen LogP contribution in [0.25, 0.3) is 5.65 Å². The minimum Gasteiger partial charge on any atom is -0.338 e. The van der Waals surface area contributed by atoms with Gasteiger partial charge in [0, 0.05) is 25.3 Å². The lowest BCUT2D eigenvalue weighted by molar-refractivity contribution is 0.0532. The number of nitrogens with two attached hydrogens (primary N) is 1. The van der Waals surface area contributed by atoms with Crippen molar-refractivity contribution >= 4 is 36.4 Å². The van der Waals surface area contributed by atoms with Gasteiger partial charge in [-0.05, 0) is 30.9 Å². The number of carbonyl (C=O) groups is 1. The number of aromatic nitrogens is 3. The highest BCUT2D eigenvalue weighted by atomic mass is 35.5. The molecule has 0 aliphatic carbocycles. The lowest BCUT2D eigenvalue weighted by Crippen LogP contribution is -2.54. The zero-order valence-electron chi connectivity index (χ0n) is 13.5. The lowest BCUT2D eigenvalue weighted by Gasteiger charge is -2.42. The molecule has 2 aromatic rings. The lowest BCUT2D eigenvalue weighted by atomic mass is 9.79. The van der Waals surface area contributed by atoms with E-state index in [0.717, 1.165) is 17.9 Å². The van der Waals surface area contributed by atoms with Crippen molar-refractivity contribution in [3.05, 3.63) is 29.7 Å². The van der Waals surface area contributed by atoms with Crippen molar-refractivity contribution in [2.75, 3.05) is 13.1 Å². The van der Waals surface area contributed by atoms with E-state index in [1.165, 1.54) is 0 Å². The van der Waals surface area contributed by atoms with E-state index in [9.17, 15) is 4.79 Å². The number of fused-ring (bicyclic) bond motifs is 1. The third kappa shape index (κ3) is 3.59. The summed E-state index contributed by atoms with van der Waals surface area (Å²) in [4.78, 5) is 14.6. The minimum absolute atomic E-state index is 0. The molecule has 1 aliphatic heterocycles. The number of halogens is 2. The number of hydrogen-bond donors (Lipinski definition) is 1. The number of carbonyl (C=O) groups excluding carboxylic acids is 1. The predicted octanol–water partition coefficient (Wildman–Crippen LogP) is 2.08. The maximum absolute atomic E-state index is 12.7. The number of aryl methyl sites for hydroxylation is 1. The topological polar surface area (TPSA) is 76.5 Å². The van der Waals surface area contributed by atoms with Crippen molar-refractivity contribution in [1.29, 1.82) is 0 Å². The van der Waals surface area contributed by atoms with E-state index in [2.05, 4.69) is 24.0 Å². The first-order chi connectivity index (χ1) is 9.88. The summed E-state index contributed by atoms with van der Waals surface area (Å²) < 4.78 is 1.84. The van der Waals surface area contributed by atoms with Gasteiger partial charge in [0.05, 0.1) is 5.56 Å². The standard InChI is InChI=1S/C15H21N5O.2ClH/c1-10-17-18-13-5-4-11(8-20(10)13)14(21)19-7-6-12(16)15(2,3)9-19;;/h4-5,8,12H,6-7,9,16H2,1-3H3;2*1H. The van der Waals surface area contributed by atoms with Gasteiger partial charge in [-0.3, -0.25) is 9.20 Å². The fraction of sp³-hybridized carbons (Fsp3) is 0.533. The molecule has 1 atom stereocenters. The maximum Gasteiger partial charge on any atom is 0.255 e. The second-order valence-electron chi connectivity index (χ2n) is 6.50. The SMILES string of the molecule is Cc1nnc2ccc(C(=O)N3CCC(N)C(C)(C)C3)cn12.Cl.Cl. The number of nitrogens with zero attached hydrogens (tertiary/aromatic N) is 4. The number of rotatable bonds is 1. The molecule has 6 nitrogen and oxygen atoms in total. The van der Waals surface area contributed by atoms with Gasteiger partial charge in [0.15, 0.2) is 5.65 Å². The van der Waals surface area contributed by atoms with Crippen LogP contribution in [0.5, 0.6) is 0 Å². The highest BCUT2D eigenvalue weighted by Gasteiger charge is 2.35. The third-order valence-corrected chi connectivity index (χ3v) is 4.42. The van der Waals surface area contributed by atoms with Crippen LogP contribution in [0.4, 0.5) is 0 Å². The molecule has 23 heavy (non-hydrogen) atoms. The van der Waals surface area contributed by atoms with Crippen LogP contribution in [0.3, 0.4) is 0 Å². The molecule has 2 N–H and O–H groups in total. The first-order valence-electron chi connectivity index (χ1n) is 7.25. The van der Waals surface area contributed by atoms with E-state index < -0.39 is 0 Å². The van der Waals surface area contributed by atoms with E-state index in [1.54, 1.807) is 0 Å². The Balaban J connectivity index is 0.00000132. The van der Waals surface area contributed by atoms with Crippen molar-refractivity contribution < 1.29 is 4.79 Å². The van der Waals surface area contributed by atoms with Crippen molar-refractivity contribution in [2.24, 2.45) is 11.1 Å². The molecule has 1 saturated heterocycles. The van der Waals surface area contributed by atoms with Crippen LogP contribution in [0.15, 0.2) is 18.3 Å². The van der Waals surface area contributed by atoms with Gasteiger partial charge in [0.25, 0.3) is 5.91 Å². The molecule has 0 spiro atoms. The van der Waals surface area contributed by atoms with E-state index in [4.69, 9.17) is 5.73 Å². The van der Waals surface area contributed by atoms with Gasteiger partial charge in [0.2, 0.25) is 0 Å². The molecule has 1 unspecified atom stereocenters. The largest absolute Gasteiger partial charge is 0.338 e. The molecule has 1 fully saturated rings. The van der Waals surface area contributed by atoms with Crippen LogP contribution < -0.4 is 5.73 Å². The first kappa shape index (κ1) is 19.7. The van der Waals surface area contributed by atoms with Crippen LogP contribution in [0.1, 0.15) is 36.5 Å². The fourth-order valence-electron chi connectivity index (χ4n) is 2.86. The normalized spacial score (nSPS) is 19.8. The van der Waals surface area contributed by atoms with Crippen LogP contribution in [0.2, 0.25) is 0 Å². The molecule has 3 heterocycles. The summed E-state index contributed by atoms with van der Waals surface area (Å²) in [5.41, 5.74) is 7.50. The van der Waals surface area contributed by atoms with Crippen molar-refractivity contribution in [2.45, 2.75) is 33.2 Å². The summed E-state index contributed by atoms with van der Waals surface area (Å²) in [7, 11) is 0. The van der Waals surface area contributed by atoms with Crippen LogP contribution in [0, 0.1) is 12.3 Å². The molecular formula is C15H23Cl2N5O. The molecule has 1 aliphatic rings. The quantitative estimate of drug-likeness (QED) is 0.845. The Hall–Kier alpha value is -1.37. The Kier molecular flexibility index (Phi) is 6.01. The second kappa shape index (κ2) is 7.03. The Morgan fingerprint density at radius 2 is 2.00 bits per heavy atom. The number of pyridine rings is 1. The second-order valence-corrected chi connectivity index (χ2v) is 6.50. The number of hydrogen-bond acceptors (Lipinski definition) is 4. The highest BCUT2D eigenvalue weighted by molar-refractivity contribution is 5.94. The van der Waals surface area contributed by atoms with Gasteiger partial charge >= 0.3 is 0 Å². The number of likely N-dealkylation sites (tertiary alicyclic amines) is 1. The molecule has 2 aromatic heterocycles. The molecule has 0 aromatic carbocycles. The minimum atomic E-state index is -0.0511. The van der Waals surface area contributed by atoms with Crippen LogP contribution >= 0.6 is 24.8 Å². The molecule has 128 valence electrons. The number of amides is 1. The van der Waals surface area contributed by atoms with Gasteiger partial charge in [-0.2, -0.15) is 0 Å². The van der Waals surface area contributed by atoms with Crippen molar-refractivity contribution in [3.8, 4) is 0 Å². The van der Waals surface area contributed by atoms with E-state index in [0.29, 0.717) is 18.7 Å². The van der Waals surface area contributed by atoms with E-state index in [-0.39, 0.29) is 42.2 Å².